The number of alkyl carbamates (subject to hydrolysis) is 1. The molecule has 0 aromatic heterocycles. The van der Waals surface area contributed by atoms with E-state index in [2.05, 4.69) is 5.32 Å². The molecule has 6 heteroatoms. The maximum absolute atomic E-state index is 11.9. The number of carbonyl (C=O) groups is 2. The summed E-state index contributed by atoms with van der Waals surface area (Å²) in [4.78, 5) is 23.7. The minimum absolute atomic E-state index is 0.112. The number of hydrogen-bond acceptors (Lipinski definition) is 5. The van der Waals surface area contributed by atoms with Gasteiger partial charge in [0.05, 0.1) is 0 Å². The van der Waals surface area contributed by atoms with Crippen molar-refractivity contribution in [2.45, 2.75) is 39.5 Å². The first-order chi connectivity index (χ1) is 10.4. The highest BCUT2D eigenvalue weighted by Crippen LogP contribution is 2.07. The lowest BCUT2D eigenvalue weighted by Crippen LogP contribution is -2.46. The molecule has 118 valence electrons. The van der Waals surface area contributed by atoms with Crippen LogP contribution < -0.4 is 5.32 Å². The predicted molar refractivity (Wildman–Crippen MR) is 79.6 cm³/mol. The zero-order valence-electron chi connectivity index (χ0n) is 12.9. The number of esters is 1. The Labute approximate surface area is 130 Å². The van der Waals surface area contributed by atoms with Crippen LogP contribution in [0.2, 0.25) is 0 Å². The Kier molecular flexibility index (Phi) is 6.90. The zero-order chi connectivity index (χ0) is 16.5. The van der Waals surface area contributed by atoms with Crippen LogP contribution in [0.1, 0.15) is 26.3 Å². The second-order valence-corrected chi connectivity index (χ2v) is 5.14. The Morgan fingerprint density at radius 3 is 2.41 bits per heavy atom. The molecule has 1 aromatic carbocycles. The number of nitrogens with one attached hydrogen (secondary N) is 1. The number of nitriles is 1. The first kappa shape index (κ1) is 17.5. The van der Waals surface area contributed by atoms with E-state index in [-0.39, 0.29) is 12.5 Å². The van der Waals surface area contributed by atoms with Gasteiger partial charge in [-0.1, -0.05) is 44.2 Å². The summed E-state index contributed by atoms with van der Waals surface area (Å²) in [5.41, 5.74) is 0.847. The third-order valence-corrected chi connectivity index (χ3v) is 2.88. The van der Waals surface area contributed by atoms with Gasteiger partial charge in [-0.15, -0.1) is 0 Å². The molecular weight excluding hydrogens is 284 g/mol. The Hall–Kier alpha value is -2.55. The van der Waals surface area contributed by atoms with Crippen molar-refractivity contribution in [3.63, 3.8) is 0 Å². The molecule has 0 heterocycles. The first-order valence-electron chi connectivity index (χ1n) is 7.01. The Balaban J connectivity index is 2.54. The molecule has 0 radical (unpaired) electrons. The summed E-state index contributed by atoms with van der Waals surface area (Å²) >= 11 is 0. The molecule has 0 aliphatic carbocycles. The molecule has 0 aliphatic heterocycles. The highest BCUT2D eigenvalue weighted by atomic mass is 16.6. The smallest absolute Gasteiger partial charge is 0.408 e. The summed E-state index contributed by atoms with van der Waals surface area (Å²) in [6.45, 7) is 5.10. The van der Waals surface area contributed by atoms with Gasteiger partial charge in [0, 0.05) is 0 Å². The molecule has 0 unspecified atom stereocenters. The lowest BCUT2D eigenvalue weighted by Gasteiger charge is -2.21. The molecule has 1 amide bonds. The van der Waals surface area contributed by atoms with Crippen molar-refractivity contribution < 1.29 is 19.1 Å². The van der Waals surface area contributed by atoms with E-state index in [1.165, 1.54) is 6.92 Å². The summed E-state index contributed by atoms with van der Waals surface area (Å²) in [5.74, 6) is -0.844. The summed E-state index contributed by atoms with van der Waals surface area (Å²) in [7, 11) is 0. The summed E-state index contributed by atoms with van der Waals surface area (Å²) in [6.07, 6.45) is -1.57. The van der Waals surface area contributed by atoms with Gasteiger partial charge in [0.15, 0.2) is 6.10 Å². The van der Waals surface area contributed by atoms with Gasteiger partial charge in [0.2, 0.25) is 0 Å². The predicted octanol–water partition coefficient (Wildman–Crippen LogP) is 2.39. The molecule has 6 nitrogen and oxygen atoms in total. The maximum atomic E-state index is 11.9. The Morgan fingerprint density at radius 1 is 1.23 bits per heavy atom. The fourth-order valence-corrected chi connectivity index (χ4v) is 1.66. The van der Waals surface area contributed by atoms with E-state index in [0.29, 0.717) is 0 Å². The second-order valence-electron chi connectivity index (χ2n) is 5.14. The number of rotatable bonds is 6. The van der Waals surface area contributed by atoms with E-state index in [0.717, 1.165) is 5.56 Å². The van der Waals surface area contributed by atoms with Gasteiger partial charge in [0.25, 0.3) is 0 Å². The molecule has 0 aliphatic rings. The van der Waals surface area contributed by atoms with Crippen molar-refractivity contribution in [3.8, 4) is 6.07 Å². The van der Waals surface area contributed by atoms with Crippen molar-refractivity contribution in [3.05, 3.63) is 35.9 Å². The van der Waals surface area contributed by atoms with E-state index >= 15 is 0 Å². The largest absolute Gasteiger partial charge is 0.446 e. The monoisotopic (exact) mass is 304 g/mol. The van der Waals surface area contributed by atoms with Crippen LogP contribution in [-0.2, 0) is 20.9 Å². The van der Waals surface area contributed by atoms with Gasteiger partial charge in [-0.25, -0.2) is 9.59 Å². The third-order valence-electron chi connectivity index (χ3n) is 2.88. The maximum Gasteiger partial charge on any atom is 0.408 e. The molecule has 1 rings (SSSR count). The average molecular weight is 304 g/mol. The van der Waals surface area contributed by atoms with Gasteiger partial charge >= 0.3 is 12.1 Å². The van der Waals surface area contributed by atoms with Gasteiger partial charge < -0.3 is 14.8 Å². The number of carbonyl (C=O) groups excluding carboxylic acids is 2. The van der Waals surface area contributed by atoms with E-state index in [1.54, 1.807) is 19.9 Å². The standard InChI is InChI=1S/C16H20N2O4/c1-11(2)14(15(19)22-12(3)9-17)18-16(20)21-10-13-7-5-4-6-8-13/h4-8,11-12,14H,10H2,1-3H3,(H,18,20)/t12-,14-/m0/s1. The minimum Gasteiger partial charge on any atom is -0.446 e. The Bertz CT molecular complexity index is 537. The molecule has 2 atom stereocenters. The Morgan fingerprint density at radius 2 is 1.86 bits per heavy atom. The first-order valence-corrected chi connectivity index (χ1v) is 7.01. The van der Waals surface area contributed by atoms with Crippen LogP contribution in [0.15, 0.2) is 30.3 Å². The van der Waals surface area contributed by atoms with E-state index in [1.807, 2.05) is 30.3 Å². The van der Waals surface area contributed by atoms with Crippen LogP contribution in [0.4, 0.5) is 4.79 Å². The second kappa shape index (κ2) is 8.67. The number of amides is 1. The van der Waals surface area contributed by atoms with Crippen molar-refractivity contribution in [1.29, 1.82) is 5.26 Å². The molecular formula is C16H20N2O4. The molecule has 0 fully saturated rings. The van der Waals surface area contributed by atoms with Crippen LogP contribution in [0.3, 0.4) is 0 Å². The fraction of sp³-hybridized carbons (Fsp3) is 0.438. The van der Waals surface area contributed by atoms with Gasteiger partial charge in [-0.2, -0.15) is 5.26 Å². The van der Waals surface area contributed by atoms with Crippen LogP contribution in [-0.4, -0.2) is 24.2 Å². The van der Waals surface area contributed by atoms with Crippen LogP contribution >= 0.6 is 0 Å². The SMILES string of the molecule is CC(C)[C@H](NC(=O)OCc1ccccc1)C(=O)O[C@@H](C)C#N. The van der Waals surface area contributed by atoms with E-state index in [4.69, 9.17) is 14.7 Å². The molecule has 22 heavy (non-hydrogen) atoms. The van der Waals surface area contributed by atoms with Gasteiger partial charge in [-0.05, 0) is 18.4 Å². The average Bonchev–Trinajstić information content (AvgIpc) is 2.51. The van der Waals surface area contributed by atoms with Crippen LogP contribution in [0, 0.1) is 17.2 Å². The van der Waals surface area contributed by atoms with Crippen molar-refractivity contribution >= 4 is 12.1 Å². The lowest BCUT2D eigenvalue weighted by atomic mass is 10.1. The highest BCUT2D eigenvalue weighted by Gasteiger charge is 2.27. The number of hydrogen-bond donors (Lipinski definition) is 1. The summed E-state index contributed by atoms with van der Waals surface area (Å²) < 4.78 is 9.98. The van der Waals surface area contributed by atoms with E-state index in [9.17, 15) is 9.59 Å². The van der Waals surface area contributed by atoms with Crippen molar-refractivity contribution in [1.82, 2.24) is 5.32 Å². The summed E-state index contributed by atoms with van der Waals surface area (Å²) in [5, 5.41) is 11.1. The molecule has 0 saturated carbocycles. The zero-order valence-corrected chi connectivity index (χ0v) is 12.9. The highest BCUT2D eigenvalue weighted by molar-refractivity contribution is 5.81. The van der Waals surface area contributed by atoms with Crippen molar-refractivity contribution in [2.75, 3.05) is 0 Å². The molecule has 1 N–H and O–H groups in total. The fourth-order valence-electron chi connectivity index (χ4n) is 1.66. The third kappa shape index (κ3) is 5.83. The molecule has 1 aromatic rings. The number of ether oxygens (including phenoxy) is 2. The molecule has 0 saturated heterocycles. The van der Waals surface area contributed by atoms with E-state index < -0.39 is 24.2 Å². The quantitative estimate of drug-likeness (QED) is 0.815. The molecule has 0 spiro atoms. The van der Waals surface area contributed by atoms with Crippen LogP contribution in [0.25, 0.3) is 0 Å². The lowest BCUT2D eigenvalue weighted by molar-refractivity contribution is -0.149. The minimum atomic E-state index is -0.865. The number of benzene rings is 1. The molecule has 0 bridgehead atoms. The van der Waals surface area contributed by atoms with Gasteiger partial charge in [-0.3, -0.25) is 0 Å². The van der Waals surface area contributed by atoms with Crippen molar-refractivity contribution in [2.24, 2.45) is 5.92 Å². The topological polar surface area (TPSA) is 88.4 Å². The summed E-state index contributed by atoms with van der Waals surface area (Å²) in [6, 6.07) is 10.1. The van der Waals surface area contributed by atoms with Crippen LogP contribution in [0.5, 0.6) is 0 Å². The van der Waals surface area contributed by atoms with Gasteiger partial charge in [0.1, 0.15) is 18.7 Å². The normalized spacial score (nSPS) is 12.9. The number of nitrogens with zero attached hydrogens (tertiary/aromatic N) is 1.